The maximum atomic E-state index is 6.48. The maximum Gasteiger partial charge on any atom is 0.135 e. The van der Waals surface area contributed by atoms with Gasteiger partial charge in [0.2, 0.25) is 0 Å². The highest BCUT2D eigenvalue weighted by molar-refractivity contribution is 6.32. The van der Waals surface area contributed by atoms with Gasteiger partial charge in [-0.15, -0.1) is 0 Å². The van der Waals surface area contributed by atoms with Gasteiger partial charge in [0.15, 0.2) is 0 Å². The lowest BCUT2D eigenvalue weighted by molar-refractivity contribution is -0.0653. The van der Waals surface area contributed by atoms with E-state index < -0.39 is 0 Å². The summed E-state index contributed by atoms with van der Waals surface area (Å²) in [6.45, 7) is 4.55. The van der Waals surface area contributed by atoms with Crippen molar-refractivity contribution in [3.63, 3.8) is 0 Å². The topological polar surface area (TPSA) is 79.1 Å². The number of fused-ring (bicyclic) bond motifs is 2. The second kappa shape index (κ2) is 4.64. The van der Waals surface area contributed by atoms with E-state index in [2.05, 4.69) is 45.5 Å². The molecule has 1 atom stereocenters. The Morgan fingerprint density at radius 1 is 1.35 bits per heavy atom. The fourth-order valence-corrected chi connectivity index (χ4v) is 3.78. The molecule has 4 rings (SSSR count). The molecule has 1 saturated carbocycles. The van der Waals surface area contributed by atoms with Crippen LogP contribution in [0.5, 0.6) is 0 Å². The minimum Gasteiger partial charge on any atom is -0.384 e. The average molecular weight is 331 g/mol. The zero-order chi connectivity index (χ0) is 16.2. The number of hydrogen-bond acceptors (Lipinski definition) is 6. The lowest BCUT2D eigenvalue weighted by Crippen LogP contribution is -2.67. The van der Waals surface area contributed by atoms with Crippen molar-refractivity contribution >= 4 is 23.2 Å². The van der Waals surface area contributed by atoms with Crippen LogP contribution in [0, 0.1) is 5.41 Å². The van der Waals surface area contributed by atoms with Gasteiger partial charge in [0.25, 0.3) is 0 Å². The standard InChI is InChI=1S/C16H19ClN6/c1-15(2)3-4-16(15)21-7-12-11(17)5-10(8-23(12)16)22-14-6-13(18)19-9-20-14/h5-9,21H,3-4H2,1-2H3,(H3,18,19,20,22). The predicted octanol–water partition coefficient (Wildman–Crippen LogP) is 2.71. The van der Waals surface area contributed by atoms with E-state index in [-0.39, 0.29) is 11.1 Å². The molecule has 3 aliphatic rings. The fraction of sp³-hybridized carbons (Fsp3) is 0.375. The predicted molar refractivity (Wildman–Crippen MR) is 90.9 cm³/mol. The SMILES string of the molecule is CC1(C)CCC12NC=C1C(Cl)=CC(Nc3cc(N)ncn3)=CN12. The summed E-state index contributed by atoms with van der Waals surface area (Å²) < 4.78 is 0. The molecule has 120 valence electrons. The van der Waals surface area contributed by atoms with Crippen molar-refractivity contribution in [2.45, 2.75) is 32.4 Å². The first-order valence-electron chi connectivity index (χ1n) is 7.62. The van der Waals surface area contributed by atoms with Crippen LogP contribution in [0.15, 0.2) is 47.3 Å². The minimum atomic E-state index is -0.103. The largest absolute Gasteiger partial charge is 0.384 e. The first-order chi connectivity index (χ1) is 10.9. The molecule has 4 N–H and O–H groups in total. The van der Waals surface area contributed by atoms with Crippen LogP contribution in [0.3, 0.4) is 0 Å². The molecule has 1 aromatic rings. The molecular weight excluding hydrogens is 312 g/mol. The second-order valence-corrected chi connectivity index (χ2v) is 7.23. The molecule has 0 aromatic carbocycles. The summed E-state index contributed by atoms with van der Waals surface area (Å²) in [6, 6.07) is 1.69. The van der Waals surface area contributed by atoms with Crippen molar-refractivity contribution in [2.75, 3.05) is 11.1 Å². The number of nitrogen functional groups attached to an aromatic ring is 1. The lowest BCUT2D eigenvalue weighted by Gasteiger charge is -2.59. The van der Waals surface area contributed by atoms with E-state index in [0.717, 1.165) is 17.8 Å². The molecule has 1 aliphatic carbocycles. The van der Waals surface area contributed by atoms with Crippen LogP contribution in [-0.2, 0) is 0 Å². The van der Waals surface area contributed by atoms with Gasteiger partial charge in [-0.1, -0.05) is 25.4 Å². The summed E-state index contributed by atoms with van der Waals surface area (Å²) in [5.41, 5.74) is 7.65. The van der Waals surface area contributed by atoms with E-state index in [1.54, 1.807) is 6.07 Å². The number of halogens is 1. The van der Waals surface area contributed by atoms with Crippen LogP contribution < -0.4 is 16.4 Å². The molecule has 23 heavy (non-hydrogen) atoms. The van der Waals surface area contributed by atoms with Gasteiger partial charge in [-0.3, -0.25) is 0 Å². The van der Waals surface area contributed by atoms with E-state index in [9.17, 15) is 0 Å². The number of nitrogens with one attached hydrogen (secondary N) is 2. The van der Waals surface area contributed by atoms with Crippen molar-refractivity contribution in [2.24, 2.45) is 5.41 Å². The van der Waals surface area contributed by atoms with Crippen LogP contribution in [0.2, 0.25) is 0 Å². The van der Waals surface area contributed by atoms with Gasteiger partial charge in [-0.2, -0.15) is 0 Å². The molecule has 0 saturated heterocycles. The van der Waals surface area contributed by atoms with E-state index in [1.165, 1.54) is 12.7 Å². The van der Waals surface area contributed by atoms with E-state index >= 15 is 0 Å². The lowest BCUT2D eigenvalue weighted by atomic mass is 9.61. The van der Waals surface area contributed by atoms with Crippen molar-refractivity contribution in [1.82, 2.24) is 20.2 Å². The second-order valence-electron chi connectivity index (χ2n) is 6.82. The highest BCUT2D eigenvalue weighted by Gasteiger charge is 2.59. The fourth-order valence-electron chi connectivity index (χ4n) is 3.52. The molecule has 3 heterocycles. The maximum absolute atomic E-state index is 6.48. The average Bonchev–Trinajstić information content (AvgIpc) is 2.89. The summed E-state index contributed by atoms with van der Waals surface area (Å²) in [6.07, 6.45) is 9.68. The molecule has 2 aliphatic heterocycles. The monoisotopic (exact) mass is 330 g/mol. The third-order valence-corrected chi connectivity index (χ3v) is 5.41. The number of rotatable bonds is 2. The smallest absolute Gasteiger partial charge is 0.135 e. The third-order valence-electron chi connectivity index (χ3n) is 5.11. The van der Waals surface area contributed by atoms with E-state index in [1.807, 2.05) is 12.3 Å². The molecule has 7 heteroatoms. The molecule has 1 unspecified atom stereocenters. The van der Waals surface area contributed by atoms with Crippen LogP contribution in [0.4, 0.5) is 11.6 Å². The Labute approximate surface area is 140 Å². The first-order valence-corrected chi connectivity index (χ1v) is 8.00. The zero-order valence-electron chi connectivity index (χ0n) is 13.1. The number of anilines is 2. The first kappa shape index (κ1) is 14.4. The van der Waals surface area contributed by atoms with Crippen molar-refractivity contribution in [3.8, 4) is 0 Å². The Morgan fingerprint density at radius 2 is 2.17 bits per heavy atom. The number of aromatic nitrogens is 2. The van der Waals surface area contributed by atoms with Crippen molar-refractivity contribution < 1.29 is 0 Å². The van der Waals surface area contributed by atoms with Crippen LogP contribution in [0.1, 0.15) is 26.7 Å². The third kappa shape index (κ3) is 2.01. The number of hydrogen-bond donors (Lipinski definition) is 3. The van der Waals surface area contributed by atoms with Gasteiger partial charge in [0.05, 0.1) is 16.4 Å². The molecule has 0 radical (unpaired) electrons. The quantitative estimate of drug-likeness (QED) is 0.773. The van der Waals surface area contributed by atoms with Gasteiger partial charge in [-0.25, -0.2) is 9.97 Å². The molecule has 1 fully saturated rings. The summed E-state index contributed by atoms with van der Waals surface area (Å²) in [4.78, 5) is 10.3. The van der Waals surface area contributed by atoms with Gasteiger partial charge in [-0.05, 0) is 18.9 Å². The molecule has 0 amide bonds. The van der Waals surface area contributed by atoms with Gasteiger partial charge < -0.3 is 21.3 Å². The summed E-state index contributed by atoms with van der Waals surface area (Å²) in [5.74, 6) is 1.07. The Balaban J connectivity index is 1.67. The van der Waals surface area contributed by atoms with Crippen molar-refractivity contribution in [3.05, 3.63) is 47.3 Å². The number of allylic oxidation sites excluding steroid dienone is 2. The van der Waals surface area contributed by atoms with Gasteiger partial charge in [0, 0.05) is 23.9 Å². The summed E-state index contributed by atoms with van der Waals surface area (Å²) in [5, 5.41) is 7.50. The van der Waals surface area contributed by atoms with Crippen LogP contribution in [-0.4, -0.2) is 20.5 Å². The van der Waals surface area contributed by atoms with E-state index in [4.69, 9.17) is 17.3 Å². The van der Waals surface area contributed by atoms with Crippen molar-refractivity contribution in [1.29, 1.82) is 0 Å². The summed E-state index contributed by atoms with van der Waals surface area (Å²) in [7, 11) is 0. The summed E-state index contributed by atoms with van der Waals surface area (Å²) >= 11 is 6.48. The Hall–Kier alpha value is -2.21. The molecule has 1 spiro atoms. The van der Waals surface area contributed by atoms with E-state index in [0.29, 0.717) is 16.7 Å². The van der Waals surface area contributed by atoms with Gasteiger partial charge >= 0.3 is 0 Å². The molecular formula is C16H19ClN6. The number of nitrogens with zero attached hydrogens (tertiary/aromatic N) is 3. The number of nitrogens with two attached hydrogens (primary N) is 1. The molecule has 6 nitrogen and oxygen atoms in total. The zero-order valence-corrected chi connectivity index (χ0v) is 13.9. The van der Waals surface area contributed by atoms with Crippen LogP contribution in [0.25, 0.3) is 0 Å². The Kier molecular flexibility index (Phi) is 2.90. The molecule has 1 aromatic heterocycles. The highest BCUT2D eigenvalue weighted by Crippen LogP contribution is 2.56. The normalized spacial score (nSPS) is 27.4. The Bertz CT molecular complexity index is 766. The Morgan fingerprint density at radius 3 is 2.83 bits per heavy atom. The molecule has 0 bridgehead atoms. The highest BCUT2D eigenvalue weighted by atomic mass is 35.5. The minimum absolute atomic E-state index is 0.103. The van der Waals surface area contributed by atoms with Gasteiger partial charge in [0.1, 0.15) is 23.6 Å². The van der Waals surface area contributed by atoms with Crippen LogP contribution >= 0.6 is 11.6 Å².